The second kappa shape index (κ2) is 9.97. The van der Waals surface area contributed by atoms with Gasteiger partial charge in [-0.25, -0.2) is 0 Å². The van der Waals surface area contributed by atoms with Gasteiger partial charge < -0.3 is 4.57 Å². The summed E-state index contributed by atoms with van der Waals surface area (Å²) in [6, 6.07) is 60.2. The number of hydrogen-bond donors (Lipinski definition) is 0. The lowest BCUT2D eigenvalue weighted by Crippen LogP contribution is -1.94. The first-order valence-corrected chi connectivity index (χ1v) is 16.6. The van der Waals surface area contributed by atoms with Crippen LogP contribution in [0.3, 0.4) is 0 Å². The highest BCUT2D eigenvalue weighted by Crippen LogP contribution is 2.50. The van der Waals surface area contributed by atoms with Crippen LogP contribution in [0.2, 0.25) is 0 Å². The number of benzene rings is 8. The van der Waals surface area contributed by atoms with Crippen molar-refractivity contribution in [3.8, 4) is 39.1 Å². The third-order valence-corrected chi connectivity index (χ3v) is 10.7. The lowest BCUT2D eigenvalue weighted by atomic mass is 9.91. The van der Waals surface area contributed by atoms with Gasteiger partial charge in [0, 0.05) is 37.0 Å². The van der Waals surface area contributed by atoms with Crippen LogP contribution in [0.15, 0.2) is 174 Å². The predicted molar refractivity (Wildman–Crippen MR) is 196 cm³/mol. The maximum atomic E-state index is 2.45. The van der Waals surface area contributed by atoms with Crippen LogP contribution in [0.1, 0.15) is 0 Å². The summed E-state index contributed by atoms with van der Waals surface area (Å²) >= 11 is 1.88. The Morgan fingerprint density at radius 2 is 1.11 bits per heavy atom. The Hall–Kier alpha value is -5.57. The topological polar surface area (TPSA) is 4.93 Å². The predicted octanol–water partition coefficient (Wildman–Crippen LogP) is 12.6. The van der Waals surface area contributed by atoms with Crippen LogP contribution in [-0.4, -0.2) is 4.57 Å². The Bertz CT molecular complexity index is 2660. The van der Waals surface area contributed by atoms with Gasteiger partial charge in [0.2, 0.25) is 0 Å². The van der Waals surface area contributed by atoms with Gasteiger partial charge in [0.15, 0.2) is 0 Å². The first-order valence-electron chi connectivity index (χ1n) is 15.8. The average molecular weight is 602 g/mol. The van der Waals surface area contributed by atoms with Crippen molar-refractivity contribution in [2.75, 3.05) is 0 Å². The Kier molecular flexibility index (Phi) is 5.58. The molecule has 1 aliphatic rings. The van der Waals surface area contributed by atoms with Crippen LogP contribution < -0.4 is 0 Å². The van der Waals surface area contributed by atoms with Gasteiger partial charge in [-0.3, -0.25) is 0 Å². The summed E-state index contributed by atoms with van der Waals surface area (Å²) in [4.78, 5) is 2.66. The van der Waals surface area contributed by atoms with E-state index < -0.39 is 0 Å². The van der Waals surface area contributed by atoms with Crippen molar-refractivity contribution in [3.05, 3.63) is 164 Å². The van der Waals surface area contributed by atoms with Gasteiger partial charge in [0.25, 0.3) is 0 Å². The van der Waals surface area contributed by atoms with E-state index in [0.717, 1.165) is 0 Å². The number of rotatable bonds is 3. The summed E-state index contributed by atoms with van der Waals surface area (Å²) < 4.78 is 2.45. The Morgan fingerprint density at radius 3 is 2.04 bits per heavy atom. The lowest BCUT2D eigenvalue weighted by molar-refractivity contribution is 1.19. The van der Waals surface area contributed by atoms with Crippen molar-refractivity contribution in [2.24, 2.45) is 0 Å². The molecular weight excluding hydrogens is 575 g/mol. The second-order valence-corrected chi connectivity index (χ2v) is 13.2. The maximum absolute atomic E-state index is 2.45. The third kappa shape index (κ3) is 3.71. The van der Waals surface area contributed by atoms with Gasteiger partial charge in [-0.2, -0.15) is 0 Å². The number of para-hydroxylation sites is 1. The van der Waals surface area contributed by atoms with Gasteiger partial charge in [0.1, 0.15) is 0 Å². The fraction of sp³-hybridized carbons (Fsp3) is 0. The molecule has 214 valence electrons. The van der Waals surface area contributed by atoms with Crippen molar-refractivity contribution in [1.82, 2.24) is 4.57 Å². The molecule has 0 N–H and O–H groups in total. The number of fused-ring (bicyclic) bond motifs is 7. The van der Waals surface area contributed by atoms with E-state index in [-0.39, 0.29) is 0 Å². The summed E-state index contributed by atoms with van der Waals surface area (Å²) in [5.74, 6) is 0. The molecule has 9 aromatic rings. The molecule has 0 atom stereocenters. The van der Waals surface area contributed by atoms with Gasteiger partial charge in [-0.1, -0.05) is 139 Å². The first-order chi connectivity index (χ1) is 22.8. The molecule has 1 aromatic heterocycles. The van der Waals surface area contributed by atoms with Crippen LogP contribution in [0, 0.1) is 0 Å². The normalized spacial score (nSPS) is 12.3. The van der Waals surface area contributed by atoms with E-state index >= 15 is 0 Å². The largest absolute Gasteiger partial charge is 0.309 e. The van der Waals surface area contributed by atoms with Gasteiger partial charge in [-0.15, -0.1) is 0 Å². The zero-order chi connectivity index (χ0) is 30.2. The fourth-order valence-electron chi connectivity index (χ4n) is 7.60. The Labute approximate surface area is 271 Å². The molecule has 0 radical (unpaired) electrons. The van der Waals surface area contributed by atoms with Crippen molar-refractivity contribution in [1.29, 1.82) is 0 Å². The smallest absolute Gasteiger partial charge is 0.0619 e. The molecule has 0 saturated carbocycles. The summed E-state index contributed by atoms with van der Waals surface area (Å²) in [5.41, 5.74) is 11.3. The molecule has 10 rings (SSSR count). The molecule has 8 aromatic carbocycles. The minimum atomic E-state index is 1.17. The summed E-state index contributed by atoms with van der Waals surface area (Å²) in [7, 11) is 0. The van der Waals surface area contributed by atoms with E-state index in [1.807, 2.05) is 11.8 Å². The number of nitrogens with zero attached hydrogens (tertiary/aromatic N) is 1. The van der Waals surface area contributed by atoms with E-state index in [1.54, 1.807) is 0 Å². The van der Waals surface area contributed by atoms with Crippen molar-refractivity contribution in [3.63, 3.8) is 0 Å². The molecule has 2 heterocycles. The van der Waals surface area contributed by atoms with Crippen LogP contribution >= 0.6 is 11.8 Å². The maximum Gasteiger partial charge on any atom is 0.0619 e. The molecule has 46 heavy (non-hydrogen) atoms. The highest BCUT2D eigenvalue weighted by molar-refractivity contribution is 7.99. The van der Waals surface area contributed by atoms with Gasteiger partial charge in [0.05, 0.1) is 11.0 Å². The van der Waals surface area contributed by atoms with E-state index in [4.69, 9.17) is 0 Å². The van der Waals surface area contributed by atoms with Gasteiger partial charge in [-0.05, 0) is 80.6 Å². The summed E-state index contributed by atoms with van der Waals surface area (Å²) in [6.07, 6.45) is 0. The zero-order valence-electron chi connectivity index (χ0n) is 24.9. The highest BCUT2D eigenvalue weighted by Gasteiger charge is 2.21. The first kappa shape index (κ1) is 25.7. The van der Waals surface area contributed by atoms with E-state index in [9.17, 15) is 0 Å². The Balaban J connectivity index is 1.22. The van der Waals surface area contributed by atoms with Crippen LogP contribution in [0.5, 0.6) is 0 Å². The molecular formula is C44H27NS. The molecule has 0 fully saturated rings. The number of hydrogen-bond acceptors (Lipinski definition) is 1. The minimum absolute atomic E-state index is 1.17. The molecule has 0 bridgehead atoms. The van der Waals surface area contributed by atoms with Crippen molar-refractivity contribution >= 4 is 55.1 Å². The minimum Gasteiger partial charge on any atom is -0.309 e. The molecule has 0 aliphatic carbocycles. The zero-order valence-corrected chi connectivity index (χ0v) is 25.8. The SMILES string of the molecule is c1ccc(-n2c3cccc(-c4cccc(-c5ccc6c7c(cccc57)-c5ccccc5S6)c4)c3c3ccc4ccccc4c32)cc1. The standard InChI is InChI=1S/C44H27NS/c1-2-14-31(15-3-1)45-39-21-10-18-33(42(39)38-24-23-28-11-4-5-16-34(28)44(38)45)30-13-8-12-29(27-30)32-25-26-41-43-36(32)19-9-20-37(43)35-17-6-7-22-40(35)46-41/h1-27H. The molecule has 0 amide bonds. The van der Waals surface area contributed by atoms with E-state index in [1.165, 1.54) is 92.2 Å². The van der Waals surface area contributed by atoms with E-state index in [2.05, 4.69) is 168 Å². The average Bonchev–Trinajstić information content (AvgIpc) is 3.47. The molecule has 0 spiro atoms. The second-order valence-electron chi connectivity index (χ2n) is 12.1. The van der Waals surface area contributed by atoms with Gasteiger partial charge >= 0.3 is 0 Å². The molecule has 1 nitrogen and oxygen atoms in total. The quantitative estimate of drug-likeness (QED) is 0.195. The van der Waals surface area contributed by atoms with Crippen LogP contribution in [0.25, 0.3) is 82.4 Å². The summed E-state index contributed by atoms with van der Waals surface area (Å²) in [5, 5.41) is 7.74. The van der Waals surface area contributed by atoms with Crippen LogP contribution in [0.4, 0.5) is 0 Å². The van der Waals surface area contributed by atoms with Crippen LogP contribution in [-0.2, 0) is 0 Å². The summed E-state index contributed by atoms with van der Waals surface area (Å²) in [6.45, 7) is 0. The Morgan fingerprint density at radius 1 is 0.391 bits per heavy atom. The molecule has 1 aliphatic heterocycles. The van der Waals surface area contributed by atoms with Crippen molar-refractivity contribution in [2.45, 2.75) is 9.79 Å². The van der Waals surface area contributed by atoms with Crippen molar-refractivity contribution < 1.29 is 0 Å². The number of aromatic nitrogens is 1. The molecule has 0 unspecified atom stereocenters. The third-order valence-electron chi connectivity index (χ3n) is 9.58. The fourth-order valence-corrected chi connectivity index (χ4v) is 8.73. The monoisotopic (exact) mass is 601 g/mol. The van der Waals surface area contributed by atoms with E-state index in [0.29, 0.717) is 0 Å². The lowest BCUT2D eigenvalue weighted by Gasteiger charge is -2.21. The molecule has 2 heteroatoms. The highest BCUT2D eigenvalue weighted by atomic mass is 32.2. The molecule has 0 saturated heterocycles.